The fourth-order valence-corrected chi connectivity index (χ4v) is 0. The quantitative estimate of drug-likeness (QED) is 0.375. The molecule has 0 bridgehead atoms. The lowest BCUT2D eigenvalue weighted by molar-refractivity contribution is 1.42. The molecule has 0 atom stereocenters. The first kappa shape index (κ1) is 9.51. The van der Waals surface area contributed by atoms with Crippen LogP contribution in [0, 0.1) is 12.3 Å². The molecule has 0 saturated heterocycles. The summed E-state index contributed by atoms with van der Waals surface area (Å²) in [6.45, 7) is 0. The standard InChI is InChI=1S/CH3NO.CH/c1-2-3;/h1H3;1H. The average molecular weight is 58.1 g/mol. The molecule has 0 spiro atoms. The molecule has 2 heteroatoms. The molecule has 0 amide bonds. The van der Waals surface area contributed by atoms with Gasteiger partial charge in [0.15, 0.2) is 0 Å². The van der Waals surface area contributed by atoms with E-state index in [1.54, 1.807) is 0 Å². The summed E-state index contributed by atoms with van der Waals surface area (Å²) >= 11 is 0. The minimum Gasteiger partial charge on any atom is -0.151 e. The normalized spacial score (nSPS) is 3.25. The van der Waals surface area contributed by atoms with Gasteiger partial charge < -0.3 is 0 Å². The lowest BCUT2D eigenvalue weighted by Crippen LogP contribution is -1.21. The Bertz CT molecular complexity index is 13.5. The predicted molar refractivity (Wildman–Crippen MR) is 16.0 cm³/mol. The van der Waals surface area contributed by atoms with Gasteiger partial charge in [-0.05, 0) is 7.43 Å². The van der Waals surface area contributed by atoms with Gasteiger partial charge in [0.25, 0.3) is 0 Å². The smallest absolute Gasteiger partial charge is 0.0700 e. The topological polar surface area (TPSA) is 29.4 Å². The zero-order chi connectivity index (χ0) is 2.71. The fraction of sp³-hybridized carbons (Fsp3) is 0.500. The third-order valence-corrected chi connectivity index (χ3v) is 0. The minimum atomic E-state index is 0. The van der Waals surface area contributed by atoms with Crippen LogP contribution in [0.5, 0.6) is 0 Å². The highest BCUT2D eigenvalue weighted by atomic mass is 16.2. The molecule has 0 aliphatic rings. The molecule has 0 aromatic carbocycles. The molecular weight excluding hydrogens is 54.0 g/mol. The maximum Gasteiger partial charge on any atom is 0.0700 e. The van der Waals surface area contributed by atoms with E-state index < -0.39 is 0 Å². The Morgan fingerprint density at radius 1 is 1.75 bits per heavy atom. The number of nitrogens with zero attached hydrogens (tertiary/aromatic N) is 1. The first-order valence-electron chi connectivity index (χ1n) is 0.630. The van der Waals surface area contributed by atoms with Crippen LogP contribution < -0.4 is 0 Å². The van der Waals surface area contributed by atoms with Gasteiger partial charge in [0.2, 0.25) is 0 Å². The molecule has 0 heterocycles. The highest BCUT2D eigenvalue weighted by Gasteiger charge is 1.19. The lowest BCUT2D eigenvalue weighted by Gasteiger charge is -1.27. The van der Waals surface area contributed by atoms with Crippen molar-refractivity contribution in [2.45, 2.75) is 0 Å². The molecule has 4 heavy (non-hydrogen) atoms. The molecule has 0 unspecified atom stereocenters. The summed E-state index contributed by atoms with van der Waals surface area (Å²) in [4.78, 5) is 8.56. The second-order valence-electron chi connectivity index (χ2n) is 0.183. The predicted octanol–water partition coefficient (Wildman–Crippen LogP) is 0.587. The Balaban J connectivity index is 0. The SMILES string of the molecule is CN=O.[CH]. The summed E-state index contributed by atoms with van der Waals surface area (Å²) in [5.41, 5.74) is 0. The van der Waals surface area contributed by atoms with Crippen molar-refractivity contribution in [3.05, 3.63) is 12.3 Å². The van der Waals surface area contributed by atoms with Crippen molar-refractivity contribution in [2.75, 3.05) is 7.05 Å². The van der Waals surface area contributed by atoms with Crippen molar-refractivity contribution in [3.8, 4) is 0 Å². The zero-order valence-electron chi connectivity index (χ0n) is 2.43. The van der Waals surface area contributed by atoms with Gasteiger partial charge in [-0.2, -0.15) is 4.91 Å². The fourth-order valence-electron chi connectivity index (χ4n) is 0. The molecule has 0 N–H and O–H groups in total. The summed E-state index contributed by atoms with van der Waals surface area (Å²) in [5.74, 6) is 0. The van der Waals surface area contributed by atoms with Gasteiger partial charge in [0.05, 0.1) is 7.05 Å². The number of hydrogen-bond donors (Lipinski definition) is 0. The van der Waals surface area contributed by atoms with Crippen LogP contribution in [0.1, 0.15) is 0 Å². The molecule has 23 valence electrons. The van der Waals surface area contributed by atoms with Gasteiger partial charge in [-0.1, -0.05) is 5.18 Å². The molecule has 0 fully saturated rings. The van der Waals surface area contributed by atoms with Crippen LogP contribution in [-0.2, 0) is 0 Å². The third-order valence-electron chi connectivity index (χ3n) is 0. The molecule has 3 radical (unpaired) electrons. The molecule has 0 rings (SSSR count). The maximum atomic E-state index is 8.56. The minimum absolute atomic E-state index is 0. The molecule has 0 aromatic heterocycles. The molecular formula is C2H4NO. The van der Waals surface area contributed by atoms with Gasteiger partial charge >= 0.3 is 0 Å². The molecule has 2 nitrogen and oxygen atoms in total. The monoisotopic (exact) mass is 58.0 g/mol. The molecule has 0 aliphatic carbocycles. The molecule has 0 saturated carbocycles. The van der Waals surface area contributed by atoms with E-state index in [0.717, 1.165) is 0 Å². The Labute approximate surface area is 25.8 Å². The summed E-state index contributed by atoms with van der Waals surface area (Å²) in [5, 5.41) is 2.25. The first-order chi connectivity index (χ1) is 1.41. The van der Waals surface area contributed by atoms with Crippen LogP contribution in [0.3, 0.4) is 0 Å². The Kier molecular flexibility index (Phi) is 43.9. The number of hydrogen-bond acceptors (Lipinski definition) is 2. The zero-order valence-corrected chi connectivity index (χ0v) is 2.43. The van der Waals surface area contributed by atoms with E-state index >= 15 is 0 Å². The van der Waals surface area contributed by atoms with E-state index in [4.69, 9.17) is 4.91 Å². The molecule has 0 aromatic rings. The van der Waals surface area contributed by atoms with Crippen molar-refractivity contribution in [2.24, 2.45) is 5.18 Å². The Hall–Kier alpha value is -0.400. The van der Waals surface area contributed by atoms with Crippen LogP contribution in [0.25, 0.3) is 0 Å². The van der Waals surface area contributed by atoms with E-state index in [9.17, 15) is 0 Å². The summed E-state index contributed by atoms with van der Waals surface area (Å²) in [6, 6.07) is 0. The van der Waals surface area contributed by atoms with E-state index in [-0.39, 0.29) is 7.43 Å². The van der Waals surface area contributed by atoms with Gasteiger partial charge in [0, 0.05) is 0 Å². The second-order valence-corrected chi connectivity index (χ2v) is 0.183. The number of nitroso groups, excluding NO2 is 1. The summed E-state index contributed by atoms with van der Waals surface area (Å²) in [7, 11) is 1.19. The van der Waals surface area contributed by atoms with Crippen LogP contribution in [0.15, 0.2) is 5.18 Å². The highest BCUT2D eigenvalue weighted by molar-refractivity contribution is 4.01. The lowest BCUT2D eigenvalue weighted by atomic mass is 11.6. The van der Waals surface area contributed by atoms with E-state index in [1.165, 1.54) is 7.05 Å². The summed E-state index contributed by atoms with van der Waals surface area (Å²) < 4.78 is 0. The highest BCUT2D eigenvalue weighted by Crippen LogP contribution is 1.27. The van der Waals surface area contributed by atoms with Crippen LogP contribution >= 0.6 is 0 Å². The largest absolute Gasteiger partial charge is 0.151 e. The number of rotatable bonds is 0. The van der Waals surface area contributed by atoms with Crippen molar-refractivity contribution in [1.82, 2.24) is 0 Å². The van der Waals surface area contributed by atoms with Crippen molar-refractivity contribution >= 4 is 0 Å². The van der Waals surface area contributed by atoms with Gasteiger partial charge in [0.1, 0.15) is 0 Å². The Morgan fingerprint density at radius 3 is 1.75 bits per heavy atom. The average Bonchev–Trinajstić information content (AvgIpc) is 0.918. The van der Waals surface area contributed by atoms with E-state index in [0.29, 0.717) is 0 Å². The second kappa shape index (κ2) is 18.5. The van der Waals surface area contributed by atoms with E-state index in [1.807, 2.05) is 0 Å². The van der Waals surface area contributed by atoms with Gasteiger partial charge in [-0.3, -0.25) is 0 Å². The maximum absolute atomic E-state index is 8.56. The first-order valence-corrected chi connectivity index (χ1v) is 0.630. The van der Waals surface area contributed by atoms with E-state index in [2.05, 4.69) is 5.18 Å². The van der Waals surface area contributed by atoms with Crippen molar-refractivity contribution < 1.29 is 0 Å². The van der Waals surface area contributed by atoms with Crippen molar-refractivity contribution in [3.63, 3.8) is 0 Å². The van der Waals surface area contributed by atoms with Gasteiger partial charge in [-0.25, -0.2) is 0 Å². The van der Waals surface area contributed by atoms with Gasteiger partial charge in [-0.15, -0.1) is 0 Å². The molecule has 0 aliphatic heterocycles. The Morgan fingerprint density at radius 2 is 1.75 bits per heavy atom. The van der Waals surface area contributed by atoms with Crippen LogP contribution in [0.2, 0.25) is 0 Å². The third kappa shape index (κ3) is 3.60. The van der Waals surface area contributed by atoms with Crippen LogP contribution in [-0.4, -0.2) is 7.05 Å². The van der Waals surface area contributed by atoms with Crippen LogP contribution in [0.4, 0.5) is 0 Å². The summed E-state index contributed by atoms with van der Waals surface area (Å²) in [6.07, 6.45) is 0. The van der Waals surface area contributed by atoms with Crippen molar-refractivity contribution in [1.29, 1.82) is 0 Å².